The number of halogens is 1. The molecule has 1 aliphatic rings. The summed E-state index contributed by atoms with van der Waals surface area (Å²) in [6.07, 6.45) is 2.69. The lowest BCUT2D eigenvalue weighted by Crippen LogP contribution is -2.47. The van der Waals surface area contributed by atoms with Crippen LogP contribution in [0.25, 0.3) is 0 Å². The number of amides is 1. The zero-order chi connectivity index (χ0) is 18.5. The van der Waals surface area contributed by atoms with Crippen molar-refractivity contribution in [3.63, 3.8) is 0 Å². The van der Waals surface area contributed by atoms with Crippen molar-refractivity contribution >= 4 is 17.3 Å². The Morgan fingerprint density at radius 2 is 2.00 bits per heavy atom. The van der Waals surface area contributed by atoms with Crippen LogP contribution in [0.4, 0.5) is 15.8 Å². The summed E-state index contributed by atoms with van der Waals surface area (Å²) in [6, 6.07) is 12.5. The SMILES string of the molecule is O=C(NCC1CCCCN1c1ccc(F)cc1[N+](=O)[O-])c1ccccc1. The van der Waals surface area contributed by atoms with E-state index in [2.05, 4.69) is 5.32 Å². The molecule has 136 valence electrons. The van der Waals surface area contributed by atoms with Crippen molar-refractivity contribution in [2.24, 2.45) is 0 Å². The fourth-order valence-corrected chi connectivity index (χ4v) is 3.32. The predicted octanol–water partition coefficient (Wildman–Crippen LogP) is 3.52. The number of benzene rings is 2. The molecule has 26 heavy (non-hydrogen) atoms. The van der Waals surface area contributed by atoms with Crippen molar-refractivity contribution in [3.8, 4) is 0 Å². The number of nitrogens with zero attached hydrogens (tertiary/aromatic N) is 2. The summed E-state index contributed by atoms with van der Waals surface area (Å²) in [7, 11) is 0. The lowest BCUT2D eigenvalue weighted by Gasteiger charge is -2.37. The van der Waals surface area contributed by atoms with Crippen LogP contribution in [-0.4, -0.2) is 30.0 Å². The van der Waals surface area contributed by atoms with Crippen molar-refractivity contribution in [3.05, 3.63) is 70.0 Å². The number of nitro groups is 1. The molecule has 2 aromatic rings. The number of rotatable bonds is 5. The molecule has 0 aliphatic carbocycles. The molecule has 1 saturated heterocycles. The van der Waals surface area contributed by atoms with E-state index in [0.29, 0.717) is 24.3 Å². The summed E-state index contributed by atoms with van der Waals surface area (Å²) in [6.45, 7) is 1.01. The van der Waals surface area contributed by atoms with Gasteiger partial charge in [0.2, 0.25) is 0 Å². The van der Waals surface area contributed by atoms with Gasteiger partial charge < -0.3 is 10.2 Å². The second-order valence-electron chi connectivity index (χ2n) is 6.31. The molecule has 0 spiro atoms. The lowest BCUT2D eigenvalue weighted by atomic mass is 10.0. The first kappa shape index (κ1) is 17.8. The van der Waals surface area contributed by atoms with E-state index >= 15 is 0 Å². The third-order valence-electron chi connectivity index (χ3n) is 4.60. The van der Waals surface area contributed by atoms with Gasteiger partial charge in [0.15, 0.2) is 0 Å². The average molecular weight is 357 g/mol. The molecule has 0 aromatic heterocycles. The number of carbonyl (C=O) groups is 1. The van der Waals surface area contributed by atoms with Gasteiger partial charge in [-0.25, -0.2) is 4.39 Å². The molecule has 2 aromatic carbocycles. The van der Waals surface area contributed by atoms with E-state index in [-0.39, 0.29) is 17.6 Å². The van der Waals surface area contributed by atoms with Crippen molar-refractivity contribution < 1.29 is 14.1 Å². The van der Waals surface area contributed by atoms with Crippen molar-refractivity contribution in [2.75, 3.05) is 18.0 Å². The maximum absolute atomic E-state index is 13.4. The summed E-state index contributed by atoms with van der Waals surface area (Å²) in [5, 5.41) is 14.2. The fraction of sp³-hybridized carbons (Fsp3) is 0.316. The van der Waals surface area contributed by atoms with Gasteiger partial charge in [0.25, 0.3) is 11.6 Å². The molecule has 1 N–H and O–H groups in total. The van der Waals surface area contributed by atoms with Crippen LogP contribution in [0.3, 0.4) is 0 Å². The van der Waals surface area contributed by atoms with E-state index in [0.717, 1.165) is 25.3 Å². The topological polar surface area (TPSA) is 75.5 Å². The minimum absolute atomic E-state index is 0.0689. The Morgan fingerprint density at radius 3 is 2.73 bits per heavy atom. The van der Waals surface area contributed by atoms with Crippen LogP contribution in [0.5, 0.6) is 0 Å². The highest BCUT2D eigenvalue weighted by Crippen LogP contribution is 2.33. The standard InChI is InChI=1S/C19H20FN3O3/c20-15-9-10-17(18(12-15)23(25)26)22-11-5-4-8-16(22)13-21-19(24)14-6-2-1-3-7-14/h1-3,6-7,9-10,12,16H,4-5,8,11,13H2,(H,21,24). The molecule has 0 radical (unpaired) electrons. The molecule has 1 heterocycles. The van der Waals surface area contributed by atoms with Crippen molar-refractivity contribution in [2.45, 2.75) is 25.3 Å². The molecular weight excluding hydrogens is 337 g/mol. The number of hydrogen-bond donors (Lipinski definition) is 1. The van der Waals surface area contributed by atoms with E-state index in [9.17, 15) is 19.3 Å². The molecule has 1 fully saturated rings. The highest BCUT2D eigenvalue weighted by atomic mass is 19.1. The Balaban J connectivity index is 1.76. The Hall–Kier alpha value is -2.96. The van der Waals surface area contributed by atoms with Gasteiger partial charge in [0.05, 0.1) is 11.0 Å². The third-order valence-corrected chi connectivity index (χ3v) is 4.60. The number of nitro benzene ring substituents is 1. The zero-order valence-corrected chi connectivity index (χ0v) is 14.2. The lowest BCUT2D eigenvalue weighted by molar-refractivity contribution is -0.384. The van der Waals surface area contributed by atoms with Crippen LogP contribution < -0.4 is 10.2 Å². The first-order valence-corrected chi connectivity index (χ1v) is 8.60. The first-order valence-electron chi connectivity index (χ1n) is 8.60. The van der Waals surface area contributed by atoms with E-state index in [1.54, 1.807) is 24.3 Å². The molecule has 1 atom stereocenters. The van der Waals surface area contributed by atoms with E-state index in [1.807, 2.05) is 11.0 Å². The number of anilines is 1. The largest absolute Gasteiger partial charge is 0.361 e. The van der Waals surface area contributed by atoms with E-state index in [1.165, 1.54) is 12.1 Å². The van der Waals surface area contributed by atoms with Crippen LogP contribution >= 0.6 is 0 Å². The number of hydrogen-bond acceptors (Lipinski definition) is 4. The normalized spacial score (nSPS) is 17.0. The van der Waals surface area contributed by atoms with Gasteiger partial charge in [-0.2, -0.15) is 0 Å². The summed E-state index contributed by atoms with van der Waals surface area (Å²) in [4.78, 5) is 24.9. The first-order chi connectivity index (χ1) is 12.6. The van der Waals surface area contributed by atoms with Crippen LogP contribution in [0.15, 0.2) is 48.5 Å². The Labute approximate surface area is 150 Å². The minimum atomic E-state index is -0.633. The van der Waals surface area contributed by atoms with E-state index < -0.39 is 10.7 Å². The summed E-state index contributed by atoms with van der Waals surface area (Å²) in [5.74, 6) is -0.809. The average Bonchev–Trinajstić information content (AvgIpc) is 2.67. The molecule has 7 heteroatoms. The molecule has 3 rings (SSSR count). The van der Waals surface area contributed by atoms with Gasteiger partial charge >= 0.3 is 0 Å². The molecular formula is C19H20FN3O3. The van der Waals surface area contributed by atoms with Gasteiger partial charge in [-0.15, -0.1) is 0 Å². The molecule has 0 saturated carbocycles. The quantitative estimate of drug-likeness (QED) is 0.656. The molecule has 1 unspecified atom stereocenters. The predicted molar refractivity (Wildman–Crippen MR) is 96.8 cm³/mol. The third kappa shape index (κ3) is 3.99. The monoisotopic (exact) mass is 357 g/mol. The summed E-state index contributed by atoms with van der Waals surface area (Å²) < 4.78 is 13.4. The second-order valence-corrected chi connectivity index (χ2v) is 6.31. The zero-order valence-electron chi connectivity index (χ0n) is 14.2. The molecule has 6 nitrogen and oxygen atoms in total. The van der Waals surface area contributed by atoms with Gasteiger partial charge in [0.1, 0.15) is 11.5 Å². The Morgan fingerprint density at radius 1 is 1.23 bits per heavy atom. The van der Waals surface area contributed by atoms with Gasteiger partial charge in [-0.3, -0.25) is 14.9 Å². The van der Waals surface area contributed by atoms with Crippen molar-refractivity contribution in [1.82, 2.24) is 5.32 Å². The van der Waals surface area contributed by atoms with Gasteiger partial charge in [0, 0.05) is 24.7 Å². The molecule has 1 amide bonds. The molecule has 0 bridgehead atoms. The summed E-state index contributed by atoms with van der Waals surface area (Å²) in [5.41, 5.74) is 0.726. The minimum Gasteiger partial charge on any atom is -0.361 e. The number of carbonyl (C=O) groups excluding carboxylic acids is 1. The van der Waals surface area contributed by atoms with Crippen molar-refractivity contribution in [1.29, 1.82) is 0 Å². The Bertz CT molecular complexity index is 798. The maximum atomic E-state index is 13.4. The highest BCUT2D eigenvalue weighted by Gasteiger charge is 2.28. The smallest absolute Gasteiger partial charge is 0.295 e. The van der Waals surface area contributed by atoms with Gasteiger partial charge in [-0.05, 0) is 43.5 Å². The van der Waals surface area contributed by atoms with Gasteiger partial charge in [-0.1, -0.05) is 18.2 Å². The molecule has 1 aliphatic heterocycles. The van der Waals surface area contributed by atoms with Crippen LogP contribution in [0, 0.1) is 15.9 Å². The van der Waals surface area contributed by atoms with Crippen LogP contribution in [-0.2, 0) is 0 Å². The fourth-order valence-electron chi connectivity index (χ4n) is 3.32. The number of nitrogens with one attached hydrogen (secondary N) is 1. The summed E-state index contributed by atoms with van der Waals surface area (Å²) >= 11 is 0. The maximum Gasteiger partial charge on any atom is 0.295 e. The van der Waals surface area contributed by atoms with Crippen LogP contribution in [0.2, 0.25) is 0 Å². The number of piperidine rings is 1. The second kappa shape index (κ2) is 7.95. The van der Waals surface area contributed by atoms with Crippen LogP contribution in [0.1, 0.15) is 29.6 Å². The Kier molecular flexibility index (Phi) is 5.46. The highest BCUT2D eigenvalue weighted by molar-refractivity contribution is 5.94. The van der Waals surface area contributed by atoms with E-state index in [4.69, 9.17) is 0 Å².